The van der Waals surface area contributed by atoms with Crippen molar-refractivity contribution in [1.82, 2.24) is 20.5 Å². The average Bonchev–Trinajstić information content (AvgIpc) is 3.58. The molecule has 0 unspecified atom stereocenters. The minimum Gasteiger partial charge on any atom is -0.454 e. The van der Waals surface area contributed by atoms with Crippen LogP contribution in [0.1, 0.15) is 71.9 Å². The Bertz CT molecular complexity index is 1090. The van der Waals surface area contributed by atoms with Gasteiger partial charge in [0.25, 0.3) is 5.91 Å². The van der Waals surface area contributed by atoms with Crippen molar-refractivity contribution in [2.75, 3.05) is 26.4 Å². The number of ether oxygens (including phenoxy) is 2. The Labute approximate surface area is 209 Å². The molecule has 2 aromatic rings. The quantitative estimate of drug-likeness (QED) is 0.548. The summed E-state index contributed by atoms with van der Waals surface area (Å²) in [6.45, 7) is 2.76. The molecular formula is C26H32N4O4S. The summed E-state index contributed by atoms with van der Waals surface area (Å²) >= 11 is 1.53. The summed E-state index contributed by atoms with van der Waals surface area (Å²) in [7, 11) is 0. The summed E-state index contributed by atoms with van der Waals surface area (Å²) in [6.07, 6.45) is 9.94. The third-order valence-corrected chi connectivity index (χ3v) is 7.89. The van der Waals surface area contributed by atoms with E-state index >= 15 is 0 Å². The number of amides is 3. The van der Waals surface area contributed by atoms with Gasteiger partial charge in [-0.2, -0.15) is 0 Å². The van der Waals surface area contributed by atoms with Gasteiger partial charge in [0.05, 0.1) is 5.01 Å². The summed E-state index contributed by atoms with van der Waals surface area (Å²) in [5.41, 5.74) is 2.87. The maximum absolute atomic E-state index is 12.6. The van der Waals surface area contributed by atoms with Crippen LogP contribution in [0.2, 0.25) is 0 Å². The molecule has 3 aliphatic rings. The number of allylic oxidation sites excluding steroid dienone is 1. The fourth-order valence-electron chi connectivity index (χ4n) is 4.81. The predicted octanol–water partition coefficient (Wildman–Crippen LogP) is 4.58. The first-order valence-electron chi connectivity index (χ1n) is 12.5. The van der Waals surface area contributed by atoms with Gasteiger partial charge in [-0.15, -0.1) is 11.3 Å². The lowest BCUT2D eigenvalue weighted by Crippen LogP contribution is -2.44. The molecule has 1 fully saturated rings. The first-order chi connectivity index (χ1) is 17.2. The molecule has 5 rings (SSSR count). The van der Waals surface area contributed by atoms with Crippen molar-refractivity contribution in [3.05, 3.63) is 51.5 Å². The highest BCUT2D eigenvalue weighted by atomic mass is 32.1. The number of hydrogen-bond donors (Lipinski definition) is 2. The van der Waals surface area contributed by atoms with Gasteiger partial charge in [0.2, 0.25) is 6.79 Å². The number of rotatable bonds is 7. The number of benzene rings is 1. The van der Waals surface area contributed by atoms with E-state index < -0.39 is 0 Å². The molecule has 2 N–H and O–H groups in total. The van der Waals surface area contributed by atoms with Crippen LogP contribution in [0.3, 0.4) is 0 Å². The third kappa shape index (κ3) is 5.96. The zero-order chi connectivity index (χ0) is 24.0. The Morgan fingerprint density at radius 3 is 2.80 bits per heavy atom. The van der Waals surface area contributed by atoms with E-state index in [1.54, 1.807) is 0 Å². The SMILES string of the molecule is O=C(NCc1ccc2c(c1)OCO2)c1csc(C2CCN(C(=O)NCCC3=CCCCC3)CC2)n1. The molecule has 1 aromatic heterocycles. The minimum atomic E-state index is -0.185. The van der Waals surface area contributed by atoms with Crippen LogP contribution in [-0.2, 0) is 6.54 Å². The molecule has 1 saturated heterocycles. The second-order valence-corrected chi connectivity index (χ2v) is 10.2. The highest BCUT2D eigenvalue weighted by Gasteiger charge is 2.26. The highest BCUT2D eigenvalue weighted by Crippen LogP contribution is 2.33. The van der Waals surface area contributed by atoms with Crippen molar-refractivity contribution < 1.29 is 19.1 Å². The minimum absolute atomic E-state index is 0.0302. The van der Waals surface area contributed by atoms with Crippen molar-refractivity contribution >= 4 is 23.3 Å². The number of likely N-dealkylation sites (tertiary alicyclic amines) is 1. The van der Waals surface area contributed by atoms with Gasteiger partial charge in [-0.25, -0.2) is 9.78 Å². The lowest BCUT2D eigenvalue weighted by Gasteiger charge is -2.31. The molecule has 1 aromatic carbocycles. The number of hydrogen-bond acceptors (Lipinski definition) is 6. The van der Waals surface area contributed by atoms with E-state index in [2.05, 4.69) is 21.7 Å². The summed E-state index contributed by atoms with van der Waals surface area (Å²) in [5.74, 6) is 1.53. The maximum atomic E-state index is 12.6. The zero-order valence-corrected chi connectivity index (χ0v) is 20.7. The average molecular weight is 497 g/mol. The van der Waals surface area contributed by atoms with Crippen LogP contribution in [-0.4, -0.2) is 48.2 Å². The van der Waals surface area contributed by atoms with Gasteiger partial charge >= 0.3 is 6.03 Å². The van der Waals surface area contributed by atoms with Gasteiger partial charge in [-0.1, -0.05) is 17.7 Å². The summed E-state index contributed by atoms with van der Waals surface area (Å²) in [4.78, 5) is 31.7. The molecule has 8 nitrogen and oxygen atoms in total. The Hall–Kier alpha value is -3.07. The zero-order valence-electron chi connectivity index (χ0n) is 19.9. The van der Waals surface area contributed by atoms with Gasteiger partial charge in [-0.05, 0) is 62.6 Å². The Kier molecular flexibility index (Phi) is 7.51. The Morgan fingerprint density at radius 1 is 1.11 bits per heavy atom. The van der Waals surface area contributed by atoms with E-state index in [9.17, 15) is 9.59 Å². The van der Waals surface area contributed by atoms with Gasteiger partial charge < -0.3 is 25.0 Å². The van der Waals surface area contributed by atoms with Crippen molar-refractivity contribution in [1.29, 1.82) is 0 Å². The molecular weight excluding hydrogens is 464 g/mol. The Balaban J connectivity index is 1.05. The van der Waals surface area contributed by atoms with Crippen molar-refractivity contribution in [2.24, 2.45) is 0 Å². The number of aromatic nitrogens is 1. The molecule has 186 valence electrons. The summed E-state index contributed by atoms with van der Waals surface area (Å²) in [6, 6.07) is 5.68. The number of nitrogens with one attached hydrogen (secondary N) is 2. The molecule has 2 aliphatic heterocycles. The van der Waals surface area contributed by atoms with Crippen LogP contribution < -0.4 is 20.1 Å². The lowest BCUT2D eigenvalue weighted by molar-refractivity contribution is 0.0946. The number of nitrogens with zero attached hydrogens (tertiary/aromatic N) is 2. The van der Waals surface area contributed by atoms with E-state index in [1.807, 2.05) is 28.5 Å². The van der Waals surface area contributed by atoms with Crippen LogP contribution in [0.5, 0.6) is 11.5 Å². The predicted molar refractivity (Wildman–Crippen MR) is 134 cm³/mol. The second-order valence-electron chi connectivity index (χ2n) is 9.29. The monoisotopic (exact) mass is 496 g/mol. The largest absolute Gasteiger partial charge is 0.454 e. The number of carbonyl (C=O) groups is 2. The van der Waals surface area contributed by atoms with Crippen molar-refractivity contribution in [3.63, 3.8) is 0 Å². The number of urea groups is 1. The Morgan fingerprint density at radius 2 is 1.97 bits per heavy atom. The summed E-state index contributed by atoms with van der Waals surface area (Å²) in [5, 5.41) is 8.81. The molecule has 35 heavy (non-hydrogen) atoms. The lowest BCUT2D eigenvalue weighted by atomic mass is 9.97. The van der Waals surface area contributed by atoms with Crippen LogP contribution in [0.25, 0.3) is 0 Å². The highest BCUT2D eigenvalue weighted by molar-refractivity contribution is 7.09. The maximum Gasteiger partial charge on any atom is 0.317 e. The molecule has 3 amide bonds. The number of thiazole rings is 1. The molecule has 0 bridgehead atoms. The molecule has 9 heteroatoms. The number of fused-ring (bicyclic) bond motifs is 1. The molecule has 0 radical (unpaired) electrons. The van der Waals surface area contributed by atoms with Gasteiger partial charge in [0, 0.05) is 37.5 Å². The fourth-order valence-corrected chi connectivity index (χ4v) is 5.78. The van der Waals surface area contributed by atoms with E-state index in [0.29, 0.717) is 37.6 Å². The van der Waals surface area contributed by atoms with Crippen LogP contribution in [0.15, 0.2) is 35.2 Å². The normalized spacial score (nSPS) is 17.7. The van der Waals surface area contributed by atoms with Crippen molar-refractivity contribution in [3.8, 4) is 11.5 Å². The standard InChI is InChI=1S/C26H32N4O4S/c31-24(28-15-19-6-7-22-23(14-19)34-17-33-22)21-16-35-25(29-21)20-9-12-30(13-10-20)26(32)27-11-8-18-4-2-1-3-5-18/h4,6-7,14,16,20H,1-3,5,8-13,15,17H2,(H,27,32)(H,28,31). The summed E-state index contributed by atoms with van der Waals surface area (Å²) < 4.78 is 10.7. The van der Waals surface area contributed by atoms with E-state index in [0.717, 1.165) is 35.6 Å². The van der Waals surface area contributed by atoms with Crippen LogP contribution >= 0.6 is 11.3 Å². The van der Waals surface area contributed by atoms with Gasteiger partial charge in [0.15, 0.2) is 11.5 Å². The van der Waals surface area contributed by atoms with E-state index in [4.69, 9.17) is 9.47 Å². The number of piperidine rings is 1. The van der Waals surface area contributed by atoms with Gasteiger partial charge in [-0.3, -0.25) is 4.79 Å². The van der Waals surface area contributed by atoms with Gasteiger partial charge in [0.1, 0.15) is 5.69 Å². The van der Waals surface area contributed by atoms with Crippen LogP contribution in [0.4, 0.5) is 4.79 Å². The molecule has 0 atom stereocenters. The fraction of sp³-hybridized carbons (Fsp3) is 0.500. The van der Waals surface area contributed by atoms with Crippen molar-refractivity contribution in [2.45, 2.75) is 57.4 Å². The smallest absolute Gasteiger partial charge is 0.317 e. The first-order valence-corrected chi connectivity index (χ1v) is 13.4. The van der Waals surface area contributed by atoms with E-state index in [-0.39, 0.29) is 24.6 Å². The third-order valence-electron chi connectivity index (χ3n) is 6.88. The van der Waals surface area contributed by atoms with Crippen LogP contribution in [0, 0.1) is 0 Å². The molecule has 0 saturated carbocycles. The van der Waals surface area contributed by atoms with E-state index in [1.165, 1.54) is 42.6 Å². The first kappa shape index (κ1) is 23.7. The second kappa shape index (κ2) is 11.1. The number of carbonyl (C=O) groups excluding carboxylic acids is 2. The topological polar surface area (TPSA) is 92.8 Å². The molecule has 1 aliphatic carbocycles. The molecule has 0 spiro atoms. The molecule has 3 heterocycles.